The molecule has 4 aromatic rings. The lowest BCUT2D eigenvalue weighted by molar-refractivity contribution is 0.0831. The van der Waals surface area contributed by atoms with Gasteiger partial charge in [0.25, 0.3) is 5.91 Å². The van der Waals surface area contributed by atoms with E-state index in [9.17, 15) is 4.79 Å². The monoisotopic (exact) mass is 445 g/mol. The largest absolute Gasteiger partial charge is 0.347 e. The van der Waals surface area contributed by atoms with E-state index in [1.807, 2.05) is 14.1 Å². The van der Waals surface area contributed by atoms with Crippen LogP contribution in [0.4, 0.5) is 0 Å². The van der Waals surface area contributed by atoms with Gasteiger partial charge in [0.15, 0.2) is 0 Å². The molecule has 1 atom stereocenters. The van der Waals surface area contributed by atoms with E-state index in [2.05, 4.69) is 72.0 Å². The van der Waals surface area contributed by atoms with Crippen LogP contribution in [0.25, 0.3) is 21.0 Å². The number of nitrogens with zero attached hydrogens (tertiary/aromatic N) is 3. The quantitative estimate of drug-likeness (QED) is 0.397. The Morgan fingerprint density at radius 1 is 1.09 bits per heavy atom. The van der Waals surface area contributed by atoms with Crippen molar-refractivity contribution in [2.24, 2.45) is 7.05 Å². The van der Waals surface area contributed by atoms with Gasteiger partial charge >= 0.3 is 0 Å². The fraction of sp³-hybridized carbons (Fsp3) is 0.370. The molecule has 5 heteroatoms. The number of hydrogen-bond acceptors (Lipinski definition) is 3. The molecule has 1 fully saturated rings. The number of carbonyl (C=O) groups excluding carboxylic acids is 1. The van der Waals surface area contributed by atoms with E-state index < -0.39 is 0 Å². The topological polar surface area (TPSA) is 28.5 Å². The van der Waals surface area contributed by atoms with Crippen LogP contribution < -0.4 is 0 Å². The summed E-state index contributed by atoms with van der Waals surface area (Å²) in [6.45, 7) is 5.29. The Labute approximate surface area is 194 Å². The third kappa shape index (κ3) is 3.44. The molecule has 0 bridgehead atoms. The second kappa shape index (κ2) is 8.38. The third-order valence-electron chi connectivity index (χ3n) is 6.98. The first-order valence-electron chi connectivity index (χ1n) is 11.5. The van der Waals surface area contributed by atoms with Crippen LogP contribution in [0.5, 0.6) is 0 Å². The highest BCUT2D eigenvalue weighted by Gasteiger charge is 2.31. The number of amides is 1. The molecule has 1 saturated heterocycles. The minimum absolute atomic E-state index is 0.127. The Balaban J connectivity index is 1.48. The summed E-state index contributed by atoms with van der Waals surface area (Å²) in [7, 11) is 5.89. The second-order valence-electron chi connectivity index (χ2n) is 9.12. The third-order valence-corrected chi connectivity index (χ3v) is 8.15. The molecule has 2 aromatic heterocycles. The van der Waals surface area contributed by atoms with Crippen LogP contribution >= 0.6 is 11.3 Å². The molecule has 0 saturated carbocycles. The van der Waals surface area contributed by atoms with Crippen LogP contribution in [-0.2, 0) is 20.0 Å². The average Bonchev–Trinajstić information content (AvgIpc) is 3.48. The minimum Gasteiger partial charge on any atom is -0.347 e. The molecule has 0 spiro atoms. The minimum atomic E-state index is 0.127. The predicted octanol–water partition coefficient (Wildman–Crippen LogP) is 5.65. The summed E-state index contributed by atoms with van der Waals surface area (Å²) >= 11 is 1.65. The van der Waals surface area contributed by atoms with Crippen molar-refractivity contribution in [2.45, 2.75) is 32.2 Å². The zero-order valence-electron chi connectivity index (χ0n) is 19.4. The number of rotatable bonds is 5. The summed E-state index contributed by atoms with van der Waals surface area (Å²) < 4.78 is 3.58. The van der Waals surface area contributed by atoms with Gasteiger partial charge in [0.1, 0.15) is 0 Å². The maximum absolute atomic E-state index is 13.0. The smallest absolute Gasteiger partial charge is 0.263 e. The molecular formula is C27H31N3OS. The highest BCUT2D eigenvalue weighted by Crippen LogP contribution is 2.41. The SMILES string of the molecule is CCc1c(CN2CC[C@@H](c3c(C(=O)N(C)C)sc4ccccc34)C2)c2ccccc2n1C. The molecule has 3 heterocycles. The molecule has 0 unspecified atom stereocenters. The van der Waals surface area contributed by atoms with Gasteiger partial charge in [0, 0.05) is 61.4 Å². The number of benzene rings is 2. The summed E-state index contributed by atoms with van der Waals surface area (Å²) in [5, 5.41) is 2.63. The molecule has 1 amide bonds. The van der Waals surface area contributed by atoms with Gasteiger partial charge in [-0.15, -0.1) is 11.3 Å². The molecule has 166 valence electrons. The second-order valence-corrected chi connectivity index (χ2v) is 10.2. The molecule has 5 rings (SSSR count). The van der Waals surface area contributed by atoms with Crippen molar-refractivity contribution < 1.29 is 4.79 Å². The van der Waals surface area contributed by atoms with E-state index in [-0.39, 0.29) is 5.91 Å². The van der Waals surface area contributed by atoms with E-state index in [1.165, 1.54) is 37.8 Å². The van der Waals surface area contributed by atoms with Crippen LogP contribution in [-0.4, -0.2) is 47.5 Å². The van der Waals surface area contributed by atoms with Gasteiger partial charge in [-0.1, -0.05) is 43.3 Å². The first-order chi connectivity index (χ1) is 15.5. The summed E-state index contributed by atoms with van der Waals surface area (Å²) in [6.07, 6.45) is 2.13. The first kappa shape index (κ1) is 21.2. The Bertz CT molecular complexity index is 1300. The zero-order valence-corrected chi connectivity index (χ0v) is 20.2. The van der Waals surface area contributed by atoms with Crippen molar-refractivity contribution in [3.63, 3.8) is 0 Å². The number of aromatic nitrogens is 1. The van der Waals surface area contributed by atoms with Crippen molar-refractivity contribution in [1.82, 2.24) is 14.4 Å². The number of fused-ring (bicyclic) bond motifs is 2. The van der Waals surface area contributed by atoms with Gasteiger partial charge in [0.2, 0.25) is 0 Å². The van der Waals surface area contributed by atoms with Crippen molar-refractivity contribution in [3.05, 3.63) is 70.2 Å². The van der Waals surface area contributed by atoms with E-state index in [4.69, 9.17) is 0 Å². The maximum Gasteiger partial charge on any atom is 0.263 e. The number of likely N-dealkylation sites (tertiary alicyclic amines) is 1. The number of thiophene rings is 1. The molecule has 0 radical (unpaired) electrons. The fourth-order valence-electron chi connectivity index (χ4n) is 5.42. The summed E-state index contributed by atoms with van der Waals surface area (Å²) in [5.41, 5.74) is 5.48. The normalized spacial score (nSPS) is 16.9. The van der Waals surface area contributed by atoms with E-state index >= 15 is 0 Å². The zero-order chi connectivity index (χ0) is 22.4. The van der Waals surface area contributed by atoms with Gasteiger partial charge in [-0.2, -0.15) is 0 Å². The molecule has 4 nitrogen and oxygen atoms in total. The molecular weight excluding hydrogens is 414 g/mol. The van der Waals surface area contributed by atoms with Gasteiger partial charge < -0.3 is 9.47 Å². The Morgan fingerprint density at radius 2 is 1.81 bits per heavy atom. The number of para-hydroxylation sites is 1. The average molecular weight is 446 g/mol. The van der Waals surface area contributed by atoms with Gasteiger partial charge in [0.05, 0.1) is 4.88 Å². The van der Waals surface area contributed by atoms with Crippen molar-refractivity contribution >= 4 is 38.2 Å². The molecule has 1 aliphatic rings. The highest BCUT2D eigenvalue weighted by atomic mass is 32.1. The molecule has 2 aromatic carbocycles. The van der Waals surface area contributed by atoms with Gasteiger partial charge in [-0.25, -0.2) is 0 Å². The van der Waals surface area contributed by atoms with E-state index in [0.717, 1.165) is 37.4 Å². The Hall–Kier alpha value is -2.63. The number of aryl methyl sites for hydroxylation is 1. The maximum atomic E-state index is 13.0. The first-order valence-corrected chi connectivity index (χ1v) is 12.3. The van der Waals surface area contributed by atoms with Crippen LogP contribution in [0.15, 0.2) is 48.5 Å². The molecule has 32 heavy (non-hydrogen) atoms. The summed E-state index contributed by atoms with van der Waals surface area (Å²) in [4.78, 5) is 18.2. The fourth-order valence-corrected chi connectivity index (χ4v) is 6.73. The number of carbonyl (C=O) groups is 1. The molecule has 1 aliphatic heterocycles. The van der Waals surface area contributed by atoms with Gasteiger partial charge in [-0.05, 0) is 48.0 Å². The lowest BCUT2D eigenvalue weighted by Crippen LogP contribution is -2.23. The van der Waals surface area contributed by atoms with Crippen LogP contribution in [0.3, 0.4) is 0 Å². The standard InChI is InChI=1S/C27H31N3OS/c1-5-22-21(19-10-6-8-12-23(19)29(22)4)17-30-15-14-18(16-30)25-20-11-7-9-13-24(20)32-26(25)27(31)28(2)3/h6-13,18H,5,14-17H2,1-4H3/t18-/m1/s1. The lowest BCUT2D eigenvalue weighted by Gasteiger charge is -2.18. The van der Waals surface area contributed by atoms with Crippen LogP contribution in [0.2, 0.25) is 0 Å². The van der Waals surface area contributed by atoms with E-state index in [0.29, 0.717) is 5.92 Å². The Kier molecular flexibility index (Phi) is 5.56. The van der Waals surface area contributed by atoms with Crippen LogP contribution in [0.1, 0.15) is 45.8 Å². The highest BCUT2D eigenvalue weighted by molar-refractivity contribution is 7.21. The molecule has 0 N–H and O–H groups in total. The van der Waals surface area contributed by atoms with Crippen molar-refractivity contribution in [2.75, 3.05) is 27.2 Å². The van der Waals surface area contributed by atoms with Crippen molar-refractivity contribution in [3.8, 4) is 0 Å². The Morgan fingerprint density at radius 3 is 2.56 bits per heavy atom. The lowest BCUT2D eigenvalue weighted by atomic mass is 9.95. The predicted molar refractivity (Wildman–Crippen MR) is 135 cm³/mol. The summed E-state index contributed by atoms with van der Waals surface area (Å²) in [5.74, 6) is 0.520. The van der Waals surface area contributed by atoms with Gasteiger partial charge in [-0.3, -0.25) is 9.69 Å². The van der Waals surface area contributed by atoms with E-state index in [1.54, 1.807) is 16.2 Å². The number of hydrogen-bond donors (Lipinski definition) is 0. The molecule has 0 aliphatic carbocycles. The summed E-state index contributed by atoms with van der Waals surface area (Å²) in [6, 6.07) is 17.3. The van der Waals surface area contributed by atoms with Crippen molar-refractivity contribution in [1.29, 1.82) is 0 Å². The van der Waals surface area contributed by atoms with Crippen LogP contribution in [0, 0.1) is 0 Å².